The minimum absolute atomic E-state index is 0.123. The molecule has 4 nitrogen and oxygen atoms in total. The molecule has 0 spiro atoms. The maximum atomic E-state index is 13.7. The number of aromatic amines is 1. The number of nitrogens with one attached hydrogen (secondary N) is 1. The first-order valence-corrected chi connectivity index (χ1v) is 5.65. The van der Waals surface area contributed by atoms with Crippen LogP contribution in [0.3, 0.4) is 0 Å². The zero-order valence-electron chi connectivity index (χ0n) is 8.71. The molecule has 1 heterocycles. The van der Waals surface area contributed by atoms with Crippen molar-refractivity contribution in [3.8, 4) is 11.3 Å². The van der Waals surface area contributed by atoms with Crippen LogP contribution in [-0.2, 0) is 6.54 Å². The molecular weight excluding hydrogens is 289 g/mol. The van der Waals surface area contributed by atoms with Gasteiger partial charge in [0.1, 0.15) is 5.82 Å². The summed E-state index contributed by atoms with van der Waals surface area (Å²) in [4.78, 5) is 11.1. The number of benzene rings is 1. The molecule has 2 rings (SSSR count). The van der Waals surface area contributed by atoms with Gasteiger partial charge in [-0.2, -0.15) is 5.10 Å². The molecule has 3 N–H and O–H groups in total. The van der Waals surface area contributed by atoms with Crippen molar-refractivity contribution in [3.63, 3.8) is 0 Å². The lowest BCUT2D eigenvalue weighted by Crippen LogP contribution is -2.13. The third-order valence-electron chi connectivity index (χ3n) is 2.29. The maximum absolute atomic E-state index is 13.7. The largest absolute Gasteiger partial charge is 0.326 e. The summed E-state index contributed by atoms with van der Waals surface area (Å²) < 4.78 is 14.4. The van der Waals surface area contributed by atoms with Crippen LogP contribution in [0.2, 0.25) is 0 Å². The van der Waals surface area contributed by atoms with Crippen molar-refractivity contribution in [2.45, 2.75) is 6.54 Å². The molecule has 0 bridgehead atoms. The van der Waals surface area contributed by atoms with Gasteiger partial charge in [0.15, 0.2) is 0 Å². The van der Waals surface area contributed by atoms with Crippen LogP contribution in [-0.4, -0.2) is 10.2 Å². The van der Waals surface area contributed by atoms with Crippen LogP contribution < -0.4 is 11.3 Å². The van der Waals surface area contributed by atoms with E-state index < -0.39 is 5.82 Å². The van der Waals surface area contributed by atoms with E-state index in [-0.39, 0.29) is 12.1 Å². The van der Waals surface area contributed by atoms with Crippen LogP contribution in [0.25, 0.3) is 11.3 Å². The van der Waals surface area contributed by atoms with Crippen molar-refractivity contribution in [2.24, 2.45) is 5.73 Å². The number of rotatable bonds is 2. The Morgan fingerprint density at radius 3 is 2.88 bits per heavy atom. The normalized spacial score (nSPS) is 10.5. The average molecular weight is 298 g/mol. The predicted molar refractivity (Wildman–Crippen MR) is 65.8 cm³/mol. The summed E-state index contributed by atoms with van der Waals surface area (Å²) in [5, 5.41) is 6.12. The molecule has 88 valence electrons. The minimum Gasteiger partial charge on any atom is -0.326 e. The van der Waals surface area contributed by atoms with Crippen molar-refractivity contribution >= 4 is 15.9 Å². The number of H-pyrrole nitrogens is 1. The Kier molecular flexibility index (Phi) is 3.35. The van der Waals surface area contributed by atoms with Gasteiger partial charge in [-0.1, -0.05) is 15.9 Å². The molecule has 0 aliphatic heterocycles. The first kappa shape index (κ1) is 11.9. The smallest absolute Gasteiger partial charge is 0.264 e. The van der Waals surface area contributed by atoms with Crippen molar-refractivity contribution in [1.29, 1.82) is 0 Å². The zero-order valence-corrected chi connectivity index (χ0v) is 10.3. The summed E-state index contributed by atoms with van der Waals surface area (Å²) in [6, 6.07) is 5.83. The van der Waals surface area contributed by atoms with Gasteiger partial charge in [0, 0.05) is 22.6 Å². The molecular formula is C11H9BrFN3O. The molecule has 0 radical (unpaired) electrons. The molecule has 17 heavy (non-hydrogen) atoms. The van der Waals surface area contributed by atoms with E-state index in [4.69, 9.17) is 5.73 Å². The molecule has 0 saturated heterocycles. The van der Waals surface area contributed by atoms with Gasteiger partial charge in [-0.05, 0) is 23.8 Å². The van der Waals surface area contributed by atoms with Crippen LogP contribution in [0.5, 0.6) is 0 Å². The van der Waals surface area contributed by atoms with E-state index in [1.54, 1.807) is 12.1 Å². The van der Waals surface area contributed by atoms with E-state index >= 15 is 0 Å². The molecule has 0 aliphatic carbocycles. The Bertz CT molecular complexity index is 612. The highest BCUT2D eigenvalue weighted by Gasteiger charge is 2.12. The number of halogens is 2. The fraction of sp³-hybridized carbons (Fsp3) is 0.0909. The summed E-state index contributed by atoms with van der Waals surface area (Å²) >= 11 is 3.26. The maximum Gasteiger partial charge on any atom is 0.264 e. The lowest BCUT2D eigenvalue weighted by Gasteiger charge is -2.07. The molecule has 2 aromatic rings. The van der Waals surface area contributed by atoms with E-state index in [1.807, 2.05) is 0 Å². The summed E-state index contributed by atoms with van der Waals surface area (Å²) in [5.41, 5.74) is 6.32. The molecule has 0 unspecified atom stereocenters. The second kappa shape index (κ2) is 4.77. The van der Waals surface area contributed by atoms with Crippen LogP contribution in [0, 0.1) is 5.82 Å². The van der Waals surface area contributed by atoms with Crippen molar-refractivity contribution in [3.05, 3.63) is 50.5 Å². The predicted octanol–water partition coefficient (Wildman–Crippen LogP) is 1.80. The summed E-state index contributed by atoms with van der Waals surface area (Å²) in [7, 11) is 0. The monoisotopic (exact) mass is 297 g/mol. The molecule has 1 aromatic heterocycles. The lowest BCUT2D eigenvalue weighted by atomic mass is 10.1. The average Bonchev–Trinajstić information content (AvgIpc) is 2.32. The highest BCUT2D eigenvalue weighted by Crippen LogP contribution is 2.26. The van der Waals surface area contributed by atoms with Crippen LogP contribution in [0.1, 0.15) is 5.56 Å². The molecule has 1 aromatic carbocycles. The van der Waals surface area contributed by atoms with Gasteiger partial charge in [-0.25, -0.2) is 9.49 Å². The Morgan fingerprint density at radius 2 is 2.18 bits per heavy atom. The summed E-state index contributed by atoms with van der Waals surface area (Å²) in [5.74, 6) is -0.414. The first-order chi connectivity index (χ1) is 8.11. The van der Waals surface area contributed by atoms with Gasteiger partial charge >= 0.3 is 0 Å². The van der Waals surface area contributed by atoms with E-state index in [1.165, 1.54) is 12.1 Å². The highest BCUT2D eigenvalue weighted by atomic mass is 79.9. The van der Waals surface area contributed by atoms with Crippen LogP contribution in [0.15, 0.2) is 33.5 Å². The SMILES string of the molecule is NCc1cc(=O)[nH]nc1-c1cc(Br)ccc1F. The molecule has 0 atom stereocenters. The Labute approximate surface area is 105 Å². The number of hydrogen-bond acceptors (Lipinski definition) is 3. The number of nitrogens with zero attached hydrogens (tertiary/aromatic N) is 1. The quantitative estimate of drug-likeness (QED) is 0.888. The zero-order chi connectivity index (χ0) is 12.4. The summed E-state index contributed by atoms with van der Waals surface area (Å²) in [6.07, 6.45) is 0. The fourth-order valence-electron chi connectivity index (χ4n) is 1.51. The molecule has 0 aliphatic rings. The first-order valence-electron chi connectivity index (χ1n) is 4.86. The van der Waals surface area contributed by atoms with E-state index in [9.17, 15) is 9.18 Å². The third kappa shape index (κ3) is 2.42. The van der Waals surface area contributed by atoms with Crippen molar-refractivity contribution in [1.82, 2.24) is 10.2 Å². The second-order valence-electron chi connectivity index (χ2n) is 3.43. The van der Waals surface area contributed by atoms with Gasteiger partial charge in [-0.3, -0.25) is 4.79 Å². The number of hydrogen-bond donors (Lipinski definition) is 2. The van der Waals surface area contributed by atoms with E-state index in [2.05, 4.69) is 26.1 Å². The van der Waals surface area contributed by atoms with Crippen LogP contribution >= 0.6 is 15.9 Å². The molecule has 0 fully saturated rings. The second-order valence-corrected chi connectivity index (χ2v) is 4.35. The van der Waals surface area contributed by atoms with Crippen LogP contribution in [0.4, 0.5) is 4.39 Å². The fourth-order valence-corrected chi connectivity index (χ4v) is 1.87. The van der Waals surface area contributed by atoms with E-state index in [0.29, 0.717) is 16.8 Å². The van der Waals surface area contributed by atoms with Gasteiger partial charge in [0.25, 0.3) is 5.56 Å². The van der Waals surface area contributed by atoms with Gasteiger partial charge in [0.05, 0.1) is 5.69 Å². The lowest BCUT2D eigenvalue weighted by molar-refractivity contribution is 0.629. The molecule has 0 amide bonds. The Balaban J connectivity index is 2.67. The van der Waals surface area contributed by atoms with Crippen molar-refractivity contribution in [2.75, 3.05) is 0 Å². The molecule has 0 saturated carbocycles. The standard InChI is InChI=1S/C11H9BrFN3O/c12-7-1-2-9(13)8(4-7)11-6(5-14)3-10(17)15-16-11/h1-4H,5,14H2,(H,15,17). The minimum atomic E-state index is -0.414. The number of nitrogens with two attached hydrogens (primary N) is 1. The van der Waals surface area contributed by atoms with Crippen molar-refractivity contribution < 1.29 is 4.39 Å². The highest BCUT2D eigenvalue weighted by molar-refractivity contribution is 9.10. The Morgan fingerprint density at radius 1 is 1.41 bits per heavy atom. The van der Waals surface area contributed by atoms with Gasteiger partial charge in [-0.15, -0.1) is 0 Å². The van der Waals surface area contributed by atoms with Gasteiger partial charge in [0.2, 0.25) is 0 Å². The van der Waals surface area contributed by atoms with Gasteiger partial charge < -0.3 is 5.73 Å². The summed E-state index contributed by atoms with van der Waals surface area (Å²) in [6.45, 7) is 0.123. The van der Waals surface area contributed by atoms with E-state index in [0.717, 1.165) is 4.47 Å². The topological polar surface area (TPSA) is 71.8 Å². The Hall–Kier alpha value is -1.53. The number of aromatic nitrogens is 2. The molecule has 6 heteroatoms. The third-order valence-corrected chi connectivity index (χ3v) is 2.78.